The van der Waals surface area contributed by atoms with Gasteiger partial charge in [-0.25, -0.2) is 0 Å². The summed E-state index contributed by atoms with van der Waals surface area (Å²) in [4.78, 5) is 28.4. The summed E-state index contributed by atoms with van der Waals surface area (Å²) < 4.78 is 0. The molecule has 2 unspecified atom stereocenters. The summed E-state index contributed by atoms with van der Waals surface area (Å²) in [5.74, 6) is -0.358. The van der Waals surface area contributed by atoms with E-state index in [0.717, 1.165) is 16.7 Å². The zero-order chi connectivity index (χ0) is 17.4. The molecule has 2 aliphatic rings. The van der Waals surface area contributed by atoms with Crippen molar-refractivity contribution in [3.05, 3.63) is 71.3 Å². The molecule has 128 valence electrons. The zero-order valence-electron chi connectivity index (χ0n) is 13.8. The summed E-state index contributed by atoms with van der Waals surface area (Å²) in [6.07, 6.45) is -0.0199. The largest absolute Gasteiger partial charge is 0.374 e. The number of rotatable bonds is 3. The summed E-state index contributed by atoms with van der Waals surface area (Å²) in [7, 11) is 0. The lowest BCUT2D eigenvalue weighted by molar-refractivity contribution is -0.157. The van der Waals surface area contributed by atoms with Crippen LogP contribution in [0.2, 0.25) is 0 Å². The first-order chi connectivity index (χ1) is 12.1. The number of imide groups is 1. The van der Waals surface area contributed by atoms with E-state index in [2.05, 4.69) is 0 Å². The maximum absolute atomic E-state index is 13.0. The van der Waals surface area contributed by atoms with E-state index >= 15 is 0 Å². The Kier molecular flexibility index (Phi) is 4.11. The van der Waals surface area contributed by atoms with Gasteiger partial charge in [-0.1, -0.05) is 54.6 Å². The number of carbonyl (C=O) groups excluding carboxylic acids is 2. The predicted octanol–water partition coefficient (Wildman–Crippen LogP) is 2.21. The second kappa shape index (κ2) is 6.43. The first-order valence-corrected chi connectivity index (χ1v) is 8.55. The highest BCUT2D eigenvalue weighted by Crippen LogP contribution is 2.36. The molecule has 1 fully saturated rings. The molecule has 0 saturated carbocycles. The number of aliphatic hydroxyl groups excluding tert-OH is 1. The van der Waals surface area contributed by atoms with Crippen LogP contribution in [0.5, 0.6) is 0 Å². The van der Waals surface area contributed by atoms with Gasteiger partial charge in [0.05, 0.1) is 12.6 Å². The van der Waals surface area contributed by atoms with Crippen LogP contribution in [-0.2, 0) is 22.7 Å². The third-order valence-corrected chi connectivity index (χ3v) is 5.07. The first-order valence-electron chi connectivity index (χ1n) is 8.55. The topological polar surface area (TPSA) is 60.9 Å². The quantitative estimate of drug-likeness (QED) is 0.873. The number of fused-ring (bicyclic) bond motifs is 1. The van der Waals surface area contributed by atoms with Gasteiger partial charge in [0.25, 0.3) is 0 Å². The number of hydrogen-bond donors (Lipinski definition) is 1. The number of amides is 2. The molecule has 0 aliphatic carbocycles. The molecule has 2 aromatic rings. The van der Waals surface area contributed by atoms with Crippen molar-refractivity contribution in [3.63, 3.8) is 0 Å². The molecule has 2 atom stereocenters. The molecule has 0 bridgehead atoms. The van der Waals surface area contributed by atoms with Gasteiger partial charge in [-0.3, -0.25) is 19.4 Å². The number of nitrogens with zero attached hydrogens (tertiary/aromatic N) is 2. The highest BCUT2D eigenvalue weighted by Gasteiger charge is 2.42. The van der Waals surface area contributed by atoms with Crippen molar-refractivity contribution in [3.8, 4) is 0 Å². The van der Waals surface area contributed by atoms with Gasteiger partial charge in [-0.05, 0) is 23.1 Å². The molecule has 2 aliphatic heterocycles. The number of benzene rings is 2. The monoisotopic (exact) mass is 336 g/mol. The molecule has 0 spiro atoms. The smallest absolute Gasteiger partial charge is 0.246 e. The van der Waals surface area contributed by atoms with Gasteiger partial charge in [0.15, 0.2) is 0 Å². The van der Waals surface area contributed by atoms with Crippen LogP contribution in [0.4, 0.5) is 0 Å². The van der Waals surface area contributed by atoms with Crippen molar-refractivity contribution >= 4 is 11.8 Å². The SMILES string of the molecule is O=C1CCC(N2Cc3ccccc3C2O)C(=O)N1Cc1ccccc1. The van der Waals surface area contributed by atoms with Crippen molar-refractivity contribution in [1.82, 2.24) is 9.80 Å². The van der Waals surface area contributed by atoms with Gasteiger partial charge in [-0.15, -0.1) is 0 Å². The zero-order valence-corrected chi connectivity index (χ0v) is 13.8. The molecule has 0 radical (unpaired) electrons. The van der Waals surface area contributed by atoms with Gasteiger partial charge < -0.3 is 5.11 Å². The Morgan fingerprint density at radius 3 is 2.48 bits per heavy atom. The lowest BCUT2D eigenvalue weighted by Crippen LogP contribution is -2.53. The van der Waals surface area contributed by atoms with Gasteiger partial charge >= 0.3 is 0 Å². The van der Waals surface area contributed by atoms with Gasteiger partial charge in [0.2, 0.25) is 11.8 Å². The number of piperidine rings is 1. The van der Waals surface area contributed by atoms with Gasteiger partial charge in [0.1, 0.15) is 6.23 Å². The van der Waals surface area contributed by atoms with E-state index in [1.165, 1.54) is 4.90 Å². The summed E-state index contributed by atoms with van der Waals surface area (Å²) in [5, 5.41) is 10.6. The molecule has 2 heterocycles. The minimum atomic E-state index is -0.795. The fourth-order valence-corrected chi connectivity index (χ4v) is 3.73. The highest BCUT2D eigenvalue weighted by atomic mass is 16.3. The number of likely N-dealkylation sites (tertiary alicyclic amines) is 1. The molecule has 2 aromatic carbocycles. The Bertz CT molecular complexity index is 806. The molecular formula is C20H20N2O3. The van der Waals surface area contributed by atoms with E-state index in [-0.39, 0.29) is 18.4 Å². The van der Waals surface area contributed by atoms with Crippen LogP contribution < -0.4 is 0 Å². The summed E-state index contributed by atoms with van der Waals surface area (Å²) in [5.41, 5.74) is 2.81. The fraction of sp³-hybridized carbons (Fsp3) is 0.300. The Balaban J connectivity index is 1.56. The molecule has 0 aromatic heterocycles. The second-order valence-corrected chi connectivity index (χ2v) is 6.60. The lowest BCUT2D eigenvalue weighted by Gasteiger charge is -2.37. The summed E-state index contributed by atoms with van der Waals surface area (Å²) in [6, 6.07) is 16.7. The minimum absolute atomic E-state index is 0.142. The number of hydrogen-bond acceptors (Lipinski definition) is 4. The number of aliphatic hydroxyl groups is 1. The first kappa shape index (κ1) is 16.0. The third kappa shape index (κ3) is 2.86. The average Bonchev–Trinajstić information content (AvgIpc) is 2.97. The molecule has 5 nitrogen and oxygen atoms in total. The van der Waals surface area contributed by atoms with Crippen molar-refractivity contribution in [2.24, 2.45) is 0 Å². The Hall–Kier alpha value is -2.50. The molecule has 4 rings (SSSR count). The van der Waals surface area contributed by atoms with Crippen LogP contribution in [0, 0.1) is 0 Å². The van der Waals surface area contributed by atoms with E-state index in [0.29, 0.717) is 19.4 Å². The van der Waals surface area contributed by atoms with E-state index in [4.69, 9.17) is 0 Å². The second-order valence-electron chi connectivity index (χ2n) is 6.60. The molecule has 1 saturated heterocycles. The maximum atomic E-state index is 13.0. The van der Waals surface area contributed by atoms with E-state index in [1.807, 2.05) is 54.6 Å². The van der Waals surface area contributed by atoms with Crippen LogP contribution in [0.15, 0.2) is 54.6 Å². The molecular weight excluding hydrogens is 316 g/mol. The van der Waals surface area contributed by atoms with E-state index in [9.17, 15) is 14.7 Å². The average molecular weight is 336 g/mol. The van der Waals surface area contributed by atoms with Crippen molar-refractivity contribution in [2.75, 3.05) is 0 Å². The Morgan fingerprint density at radius 1 is 1.00 bits per heavy atom. The van der Waals surface area contributed by atoms with E-state index in [1.54, 1.807) is 4.90 Å². The van der Waals surface area contributed by atoms with Crippen molar-refractivity contribution in [1.29, 1.82) is 0 Å². The van der Waals surface area contributed by atoms with E-state index < -0.39 is 12.3 Å². The Labute approximate surface area is 146 Å². The predicted molar refractivity (Wildman–Crippen MR) is 92.0 cm³/mol. The normalized spacial score (nSPS) is 23.8. The van der Waals surface area contributed by atoms with Crippen LogP contribution >= 0.6 is 0 Å². The summed E-state index contributed by atoms with van der Waals surface area (Å²) in [6.45, 7) is 0.813. The van der Waals surface area contributed by atoms with Crippen molar-refractivity contribution < 1.29 is 14.7 Å². The maximum Gasteiger partial charge on any atom is 0.246 e. The fourth-order valence-electron chi connectivity index (χ4n) is 3.73. The van der Waals surface area contributed by atoms with Gasteiger partial charge in [-0.2, -0.15) is 0 Å². The van der Waals surface area contributed by atoms with Gasteiger partial charge in [0, 0.05) is 13.0 Å². The lowest BCUT2D eigenvalue weighted by atomic mass is 10.0. The number of carbonyl (C=O) groups is 2. The Morgan fingerprint density at radius 2 is 1.72 bits per heavy atom. The van der Waals surface area contributed by atoms with Crippen molar-refractivity contribution in [2.45, 2.75) is 38.2 Å². The van der Waals surface area contributed by atoms with Crippen LogP contribution in [0.25, 0.3) is 0 Å². The minimum Gasteiger partial charge on any atom is -0.374 e. The third-order valence-electron chi connectivity index (χ3n) is 5.07. The summed E-state index contributed by atoms with van der Waals surface area (Å²) >= 11 is 0. The van der Waals surface area contributed by atoms with Crippen LogP contribution in [0.1, 0.15) is 35.8 Å². The van der Waals surface area contributed by atoms with Crippen LogP contribution in [0.3, 0.4) is 0 Å². The molecule has 5 heteroatoms. The highest BCUT2D eigenvalue weighted by molar-refractivity contribution is 6.00. The molecule has 2 amide bonds. The molecule has 1 N–H and O–H groups in total. The van der Waals surface area contributed by atoms with Crippen LogP contribution in [-0.4, -0.2) is 32.8 Å². The molecule has 25 heavy (non-hydrogen) atoms. The standard InChI is InChI=1S/C20H20N2O3/c23-18-11-10-17(20(25)22(18)12-14-6-2-1-3-7-14)21-13-15-8-4-5-9-16(15)19(21)24/h1-9,17,19,24H,10-13H2.